The molecular formula is C10H12ClN. The standard InChI is InChI=1S/C10H12ClN/c1-9-5-7-12(2)6-3-4-10(11)8-9/h3-8H,1-2H3. The van der Waals surface area contributed by atoms with E-state index >= 15 is 0 Å². The number of nitrogens with zero attached hydrogens (tertiary/aromatic N) is 1. The summed E-state index contributed by atoms with van der Waals surface area (Å²) in [5.41, 5.74) is 1.15. The van der Waals surface area contributed by atoms with Crippen LogP contribution in [0.4, 0.5) is 0 Å². The molecule has 0 atom stereocenters. The molecule has 1 aromatic rings. The fourth-order valence-corrected chi connectivity index (χ4v) is 1.11. The average molecular weight is 182 g/mol. The highest BCUT2D eigenvalue weighted by Crippen LogP contribution is 2.05. The molecule has 0 N–H and O–H groups in total. The quantitative estimate of drug-likeness (QED) is 0.580. The number of aryl methyl sites for hydroxylation is 2. The molecule has 0 aliphatic carbocycles. The second-order valence-corrected chi connectivity index (χ2v) is 3.20. The van der Waals surface area contributed by atoms with E-state index in [0.717, 1.165) is 10.6 Å². The molecule has 0 unspecified atom stereocenters. The van der Waals surface area contributed by atoms with Gasteiger partial charge in [0.1, 0.15) is 0 Å². The zero-order valence-corrected chi connectivity index (χ0v) is 8.05. The van der Waals surface area contributed by atoms with E-state index < -0.39 is 0 Å². The highest BCUT2D eigenvalue weighted by atomic mass is 35.5. The highest BCUT2D eigenvalue weighted by molar-refractivity contribution is 6.30. The molecule has 0 bridgehead atoms. The van der Waals surface area contributed by atoms with Crippen LogP contribution in [0.15, 0.2) is 36.7 Å². The summed E-state index contributed by atoms with van der Waals surface area (Å²) in [6.45, 7) is 2.02. The van der Waals surface area contributed by atoms with Crippen molar-refractivity contribution in [3.05, 3.63) is 47.2 Å². The Labute approximate surface area is 77.9 Å². The van der Waals surface area contributed by atoms with Gasteiger partial charge in [-0.25, -0.2) is 0 Å². The maximum atomic E-state index is 5.89. The normalized spacial score (nSPS) is 9.25. The fraction of sp³-hybridized carbons (Fsp3) is 0.200. The molecular weight excluding hydrogens is 170 g/mol. The predicted molar refractivity (Wildman–Crippen MR) is 52.8 cm³/mol. The van der Waals surface area contributed by atoms with Gasteiger partial charge in [0.15, 0.2) is 0 Å². The molecule has 0 aromatic carbocycles. The Bertz CT molecular complexity index is 314. The van der Waals surface area contributed by atoms with E-state index in [0.29, 0.717) is 0 Å². The average Bonchev–Trinajstić information content (AvgIpc) is 2.05. The molecule has 0 saturated carbocycles. The lowest BCUT2D eigenvalue weighted by Gasteiger charge is -1.88. The van der Waals surface area contributed by atoms with Crippen molar-refractivity contribution >= 4 is 11.6 Å². The lowest BCUT2D eigenvalue weighted by molar-refractivity contribution is 0.910. The van der Waals surface area contributed by atoms with Gasteiger partial charge in [0, 0.05) is 24.5 Å². The Morgan fingerprint density at radius 1 is 1.25 bits per heavy atom. The summed E-state index contributed by atoms with van der Waals surface area (Å²) < 4.78 is 1.98. The van der Waals surface area contributed by atoms with Crippen LogP contribution >= 0.6 is 11.6 Å². The first-order valence-corrected chi connectivity index (χ1v) is 4.19. The largest absolute Gasteiger partial charge is 0.357 e. The Morgan fingerprint density at radius 2 is 2.00 bits per heavy atom. The number of halogens is 1. The van der Waals surface area contributed by atoms with Gasteiger partial charge in [0.25, 0.3) is 0 Å². The summed E-state index contributed by atoms with van der Waals surface area (Å²) in [6, 6.07) is 7.74. The van der Waals surface area contributed by atoms with Gasteiger partial charge in [-0.05, 0) is 36.8 Å². The first kappa shape index (κ1) is 9.14. The first-order chi connectivity index (χ1) is 5.68. The Balaban J connectivity index is 3.33. The van der Waals surface area contributed by atoms with Gasteiger partial charge in [0.05, 0.1) is 0 Å². The minimum absolute atomic E-state index is 0.753. The third-order valence-corrected chi connectivity index (χ3v) is 1.75. The molecule has 0 saturated heterocycles. The zero-order valence-electron chi connectivity index (χ0n) is 7.29. The van der Waals surface area contributed by atoms with Crippen LogP contribution in [0.2, 0.25) is 5.02 Å². The van der Waals surface area contributed by atoms with E-state index in [1.54, 1.807) is 0 Å². The van der Waals surface area contributed by atoms with Crippen LogP contribution in [0.3, 0.4) is 0 Å². The predicted octanol–water partition coefficient (Wildman–Crippen LogP) is 3.11. The number of aromatic nitrogens is 1. The van der Waals surface area contributed by atoms with Gasteiger partial charge in [-0.15, -0.1) is 0 Å². The lowest BCUT2D eigenvalue weighted by atomic mass is 10.3. The summed E-state index contributed by atoms with van der Waals surface area (Å²) in [5, 5.41) is 0.753. The van der Waals surface area contributed by atoms with Crippen molar-refractivity contribution in [1.29, 1.82) is 0 Å². The number of hydrogen-bond donors (Lipinski definition) is 0. The molecule has 12 heavy (non-hydrogen) atoms. The smallest absolute Gasteiger partial charge is 0.0409 e. The summed E-state index contributed by atoms with van der Waals surface area (Å²) in [4.78, 5) is 0. The van der Waals surface area contributed by atoms with Crippen molar-refractivity contribution in [2.45, 2.75) is 6.92 Å². The van der Waals surface area contributed by atoms with Crippen molar-refractivity contribution < 1.29 is 0 Å². The lowest BCUT2D eigenvalue weighted by Crippen LogP contribution is -1.81. The Hall–Kier alpha value is -0.950. The summed E-state index contributed by atoms with van der Waals surface area (Å²) in [5.74, 6) is 0. The van der Waals surface area contributed by atoms with Crippen LogP contribution in [0, 0.1) is 6.92 Å². The first-order valence-electron chi connectivity index (χ1n) is 3.81. The molecule has 2 heteroatoms. The second kappa shape index (κ2) is 4.17. The van der Waals surface area contributed by atoms with E-state index in [-0.39, 0.29) is 0 Å². The van der Waals surface area contributed by atoms with Gasteiger partial charge < -0.3 is 4.57 Å². The van der Waals surface area contributed by atoms with E-state index in [4.69, 9.17) is 11.6 Å². The van der Waals surface area contributed by atoms with Crippen molar-refractivity contribution in [3.8, 4) is 0 Å². The SMILES string of the molecule is Cc1ccn(C)cccc(Cl)c1. The van der Waals surface area contributed by atoms with Crippen molar-refractivity contribution in [1.82, 2.24) is 4.57 Å². The maximum Gasteiger partial charge on any atom is 0.0409 e. The molecule has 0 spiro atoms. The highest BCUT2D eigenvalue weighted by Gasteiger charge is 1.81. The second-order valence-electron chi connectivity index (χ2n) is 2.76. The topological polar surface area (TPSA) is 4.93 Å². The van der Waals surface area contributed by atoms with Crippen molar-refractivity contribution in [2.75, 3.05) is 0 Å². The van der Waals surface area contributed by atoms with Crippen LogP contribution in [-0.2, 0) is 7.05 Å². The maximum absolute atomic E-state index is 5.89. The number of rotatable bonds is 0. The van der Waals surface area contributed by atoms with Crippen molar-refractivity contribution in [3.63, 3.8) is 0 Å². The monoisotopic (exact) mass is 181 g/mol. The van der Waals surface area contributed by atoms with E-state index in [1.807, 2.05) is 55.2 Å². The van der Waals surface area contributed by atoms with Gasteiger partial charge in [-0.3, -0.25) is 0 Å². The Kier molecular flexibility index (Phi) is 3.18. The van der Waals surface area contributed by atoms with Crippen LogP contribution in [0.25, 0.3) is 0 Å². The minimum atomic E-state index is 0.753. The van der Waals surface area contributed by atoms with Crippen molar-refractivity contribution in [2.24, 2.45) is 7.05 Å². The van der Waals surface area contributed by atoms with Crippen LogP contribution in [0.1, 0.15) is 5.56 Å². The molecule has 0 amide bonds. The fourth-order valence-electron chi connectivity index (χ4n) is 0.869. The molecule has 0 aliphatic heterocycles. The van der Waals surface area contributed by atoms with Crippen LogP contribution in [0.5, 0.6) is 0 Å². The van der Waals surface area contributed by atoms with Crippen LogP contribution < -0.4 is 0 Å². The molecule has 1 rings (SSSR count). The van der Waals surface area contributed by atoms with Gasteiger partial charge in [-0.2, -0.15) is 0 Å². The van der Waals surface area contributed by atoms with E-state index in [2.05, 4.69) is 0 Å². The van der Waals surface area contributed by atoms with Gasteiger partial charge in [-0.1, -0.05) is 11.6 Å². The molecule has 64 valence electrons. The zero-order chi connectivity index (χ0) is 8.97. The number of hydrogen-bond acceptors (Lipinski definition) is 0. The molecule has 1 aromatic heterocycles. The third kappa shape index (κ3) is 2.97. The summed E-state index contributed by atoms with van der Waals surface area (Å²) in [7, 11) is 1.98. The van der Waals surface area contributed by atoms with Gasteiger partial charge in [0.2, 0.25) is 0 Å². The minimum Gasteiger partial charge on any atom is -0.357 e. The Morgan fingerprint density at radius 3 is 2.75 bits per heavy atom. The molecule has 1 heterocycles. The summed E-state index contributed by atoms with van der Waals surface area (Å²) in [6.07, 6.45) is 3.94. The molecule has 0 radical (unpaired) electrons. The third-order valence-electron chi connectivity index (χ3n) is 1.51. The van der Waals surface area contributed by atoms with Crippen LogP contribution in [-0.4, -0.2) is 4.57 Å². The van der Waals surface area contributed by atoms with E-state index in [1.165, 1.54) is 0 Å². The summed E-state index contributed by atoms with van der Waals surface area (Å²) >= 11 is 5.89. The molecule has 0 fully saturated rings. The van der Waals surface area contributed by atoms with Gasteiger partial charge >= 0.3 is 0 Å². The molecule has 1 nitrogen and oxygen atoms in total. The van der Waals surface area contributed by atoms with E-state index in [9.17, 15) is 0 Å². The molecule has 0 aliphatic rings.